The second kappa shape index (κ2) is 7.84. The lowest BCUT2D eigenvalue weighted by molar-refractivity contribution is 0.404. The number of rotatable bonds is 5. The summed E-state index contributed by atoms with van der Waals surface area (Å²) in [6.07, 6.45) is 12.2. The van der Waals surface area contributed by atoms with E-state index in [1.54, 1.807) is 6.33 Å². The van der Waals surface area contributed by atoms with Crippen LogP contribution in [0, 0.1) is 11.7 Å². The van der Waals surface area contributed by atoms with Gasteiger partial charge in [0.25, 0.3) is 0 Å². The van der Waals surface area contributed by atoms with Crippen LogP contribution in [-0.2, 0) is 12.8 Å². The van der Waals surface area contributed by atoms with E-state index in [0.717, 1.165) is 64.0 Å². The number of aromatic nitrogens is 4. The van der Waals surface area contributed by atoms with Crippen molar-refractivity contribution in [2.24, 2.45) is 5.92 Å². The average Bonchev–Trinajstić information content (AvgIpc) is 3.59. The van der Waals surface area contributed by atoms with E-state index in [1.807, 2.05) is 11.9 Å². The Morgan fingerprint density at radius 1 is 1.00 bits per heavy atom. The van der Waals surface area contributed by atoms with Gasteiger partial charge in [-0.2, -0.15) is 0 Å². The van der Waals surface area contributed by atoms with Crippen LogP contribution in [0.3, 0.4) is 0 Å². The van der Waals surface area contributed by atoms with Gasteiger partial charge >= 0.3 is 0 Å². The minimum absolute atomic E-state index is 0.220. The third kappa shape index (κ3) is 3.79. The Balaban J connectivity index is 1.22. The maximum absolute atomic E-state index is 14.8. The third-order valence-corrected chi connectivity index (χ3v) is 6.67. The van der Waals surface area contributed by atoms with Crippen molar-refractivity contribution in [3.05, 3.63) is 35.4 Å². The molecule has 0 radical (unpaired) electrons. The molecule has 2 aliphatic carbocycles. The number of halogens is 1. The van der Waals surface area contributed by atoms with Gasteiger partial charge in [0, 0.05) is 43.9 Å². The summed E-state index contributed by atoms with van der Waals surface area (Å²) in [6, 6.07) is 0. The first kappa shape index (κ1) is 18.7. The molecule has 2 aromatic rings. The predicted molar refractivity (Wildman–Crippen MR) is 111 cm³/mol. The first-order valence-corrected chi connectivity index (χ1v) is 11.0. The molecule has 7 heteroatoms. The normalized spacial score (nSPS) is 19.9. The Bertz CT molecular complexity index is 876. The molecule has 0 spiro atoms. The summed E-state index contributed by atoms with van der Waals surface area (Å²) in [6.45, 7) is 2.83. The minimum Gasteiger partial charge on any atom is -0.357 e. The van der Waals surface area contributed by atoms with Gasteiger partial charge < -0.3 is 9.80 Å². The Labute approximate surface area is 171 Å². The van der Waals surface area contributed by atoms with Gasteiger partial charge in [0.05, 0.1) is 5.69 Å². The van der Waals surface area contributed by atoms with E-state index in [1.165, 1.54) is 30.4 Å². The maximum Gasteiger partial charge on any atom is 0.187 e. The number of hydrogen-bond acceptors (Lipinski definition) is 6. The average molecular weight is 397 g/mol. The lowest BCUT2D eigenvalue weighted by atomic mass is 9.93. The number of hydrogen-bond donors (Lipinski definition) is 0. The molecular formula is C22H29FN6. The Morgan fingerprint density at radius 2 is 1.76 bits per heavy atom. The van der Waals surface area contributed by atoms with Crippen LogP contribution in [0.1, 0.15) is 61.4 Å². The molecular weight excluding hydrogens is 367 g/mol. The molecule has 6 nitrogen and oxygen atoms in total. The first-order chi connectivity index (χ1) is 14.2. The Morgan fingerprint density at radius 3 is 2.55 bits per heavy atom. The van der Waals surface area contributed by atoms with Gasteiger partial charge in [-0.15, -0.1) is 0 Å². The number of aryl methyl sites for hydroxylation is 1. The number of piperidine rings is 1. The zero-order valence-electron chi connectivity index (χ0n) is 17.1. The first-order valence-electron chi connectivity index (χ1n) is 11.0. The van der Waals surface area contributed by atoms with Crippen molar-refractivity contribution >= 4 is 11.6 Å². The van der Waals surface area contributed by atoms with Crippen molar-refractivity contribution in [1.29, 1.82) is 0 Å². The van der Waals surface area contributed by atoms with E-state index in [4.69, 9.17) is 0 Å². The van der Waals surface area contributed by atoms with E-state index in [-0.39, 0.29) is 5.82 Å². The number of fused-ring (bicyclic) bond motifs is 1. The molecule has 0 bridgehead atoms. The van der Waals surface area contributed by atoms with Gasteiger partial charge in [0.1, 0.15) is 18.5 Å². The zero-order chi connectivity index (χ0) is 19.8. The SMILES string of the molecule is CN(CC1CCN(c2ncnc3c2CCCC3)CC1)c1ncnc(C2CC2)c1F. The zero-order valence-corrected chi connectivity index (χ0v) is 17.1. The summed E-state index contributed by atoms with van der Waals surface area (Å²) in [5.41, 5.74) is 3.21. The summed E-state index contributed by atoms with van der Waals surface area (Å²) >= 11 is 0. The summed E-state index contributed by atoms with van der Waals surface area (Å²) in [7, 11) is 1.95. The van der Waals surface area contributed by atoms with Gasteiger partial charge in [0.2, 0.25) is 0 Å². The third-order valence-electron chi connectivity index (χ3n) is 6.67. The Kier molecular flexibility index (Phi) is 5.06. The second-order valence-corrected chi connectivity index (χ2v) is 8.81. The second-order valence-electron chi connectivity index (χ2n) is 8.81. The fourth-order valence-electron chi connectivity index (χ4n) is 4.86. The summed E-state index contributed by atoms with van der Waals surface area (Å²) < 4.78 is 14.8. The fraction of sp³-hybridized carbons (Fsp3) is 0.636. The molecule has 0 aromatic carbocycles. The van der Waals surface area contributed by atoms with Gasteiger partial charge in [0.15, 0.2) is 11.6 Å². The highest BCUT2D eigenvalue weighted by molar-refractivity contribution is 5.50. The molecule has 0 unspecified atom stereocenters. The summed E-state index contributed by atoms with van der Waals surface area (Å²) in [4.78, 5) is 22.0. The van der Waals surface area contributed by atoms with Crippen LogP contribution in [0.4, 0.5) is 16.0 Å². The quantitative estimate of drug-likeness (QED) is 0.771. The molecule has 0 amide bonds. The van der Waals surface area contributed by atoms with Crippen molar-refractivity contribution in [3.63, 3.8) is 0 Å². The molecule has 2 fully saturated rings. The lowest BCUT2D eigenvalue weighted by Crippen LogP contribution is -2.39. The van der Waals surface area contributed by atoms with Gasteiger partial charge in [-0.1, -0.05) is 0 Å². The van der Waals surface area contributed by atoms with E-state index in [0.29, 0.717) is 23.3 Å². The standard InChI is InChI=1S/C22H29FN6/c1-28(22-19(23)20(16-6-7-16)25-14-27-22)12-15-8-10-29(11-9-15)21-17-4-2-3-5-18(17)24-13-26-21/h13-16H,2-12H2,1H3. The molecule has 1 saturated heterocycles. The molecule has 1 aliphatic heterocycles. The highest BCUT2D eigenvalue weighted by Crippen LogP contribution is 2.41. The molecule has 3 aliphatic rings. The highest BCUT2D eigenvalue weighted by Gasteiger charge is 2.31. The Hall–Kier alpha value is -2.31. The molecule has 5 rings (SSSR count). The summed E-state index contributed by atoms with van der Waals surface area (Å²) in [5, 5.41) is 0. The van der Waals surface area contributed by atoms with Crippen LogP contribution in [-0.4, -0.2) is 46.6 Å². The van der Waals surface area contributed by atoms with Crippen molar-refractivity contribution < 1.29 is 4.39 Å². The maximum atomic E-state index is 14.8. The monoisotopic (exact) mass is 396 g/mol. The van der Waals surface area contributed by atoms with E-state index >= 15 is 0 Å². The van der Waals surface area contributed by atoms with Crippen LogP contribution >= 0.6 is 0 Å². The molecule has 1 saturated carbocycles. The van der Waals surface area contributed by atoms with Crippen LogP contribution in [0.25, 0.3) is 0 Å². The topological polar surface area (TPSA) is 58.0 Å². The van der Waals surface area contributed by atoms with Crippen molar-refractivity contribution in [1.82, 2.24) is 19.9 Å². The predicted octanol–water partition coefficient (Wildman–Crippen LogP) is 3.51. The van der Waals surface area contributed by atoms with Crippen LogP contribution in [0.15, 0.2) is 12.7 Å². The smallest absolute Gasteiger partial charge is 0.187 e. The van der Waals surface area contributed by atoms with Crippen molar-refractivity contribution in [2.45, 2.75) is 57.3 Å². The van der Waals surface area contributed by atoms with Crippen LogP contribution in [0.5, 0.6) is 0 Å². The van der Waals surface area contributed by atoms with Gasteiger partial charge in [-0.05, 0) is 57.3 Å². The molecule has 0 atom stereocenters. The minimum atomic E-state index is -0.220. The molecule has 0 N–H and O–H groups in total. The molecule has 2 aromatic heterocycles. The lowest BCUT2D eigenvalue weighted by Gasteiger charge is -2.36. The van der Waals surface area contributed by atoms with E-state index in [9.17, 15) is 4.39 Å². The van der Waals surface area contributed by atoms with Gasteiger partial charge in [-0.25, -0.2) is 24.3 Å². The van der Waals surface area contributed by atoms with Crippen molar-refractivity contribution in [2.75, 3.05) is 36.5 Å². The number of nitrogens with zero attached hydrogens (tertiary/aromatic N) is 6. The van der Waals surface area contributed by atoms with E-state index in [2.05, 4.69) is 24.8 Å². The highest BCUT2D eigenvalue weighted by atomic mass is 19.1. The largest absolute Gasteiger partial charge is 0.357 e. The fourth-order valence-corrected chi connectivity index (χ4v) is 4.86. The molecule has 29 heavy (non-hydrogen) atoms. The van der Waals surface area contributed by atoms with Crippen LogP contribution in [0.2, 0.25) is 0 Å². The molecule has 154 valence electrons. The van der Waals surface area contributed by atoms with Gasteiger partial charge in [-0.3, -0.25) is 0 Å². The van der Waals surface area contributed by atoms with Crippen molar-refractivity contribution in [3.8, 4) is 0 Å². The number of anilines is 2. The molecule has 3 heterocycles. The van der Waals surface area contributed by atoms with E-state index < -0.39 is 0 Å². The summed E-state index contributed by atoms with van der Waals surface area (Å²) in [5.74, 6) is 2.22. The van der Waals surface area contributed by atoms with Crippen LogP contribution < -0.4 is 9.80 Å².